The van der Waals surface area contributed by atoms with Crippen LogP contribution in [0.25, 0.3) is 0 Å². The first-order valence-corrected chi connectivity index (χ1v) is 21.1. The second kappa shape index (κ2) is 22.3. The van der Waals surface area contributed by atoms with Crippen molar-refractivity contribution in [3.8, 4) is 0 Å². The van der Waals surface area contributed by atoms with Gasteiger partial charge in [-0.25, -0.2) is 0 Å². The average molecular weight is 532 g/mol. The summed E-state index contributed by atoms with van der Waals surface area (Å²) in [4.78, 5) is 0. The van der Waals surface area contributed by atoms with Crippen LogP contribution in [-0.2, 0) is 0 Å². The third-order valence-electron chi connectivity index (χ3n) is 6.26. The molecule has 0 N–H and O–H groups in total. The van der Waals surface area contributed by atoms with Crippen LogP contribution in [0.2, 0.25) is 0 Å². The van der Waals surface area contributed by atoms with E-state index in [9.17, 15) is 0 Å². The van der Waals surface area contributed by atoms with Gasteiger partial charge in [0.2, 0.25) is 0 Å². The fourth-order valence-electron chi connectivity index (χ4n) is 4.27. The Balaban J connectivity index is 4.23. The first-order chi connectivity index (χ1) is 13.2. The summed E-state index contributed by atoms with van der Waals surface area (Å²) in [6.07, 6.45) is 31.8. The number of rotatable bonds is 22. The van der Waals surface area contributed by atoms with Crippen molar-refractivity contribution in [2.45, 2.75) is 136 Å². The van der Waals surface area contributed by atoms with Crippen molar-refractivity contribution in [1.29, 1.82) is 0 Å². The van der Waals surface area contributed by atoms with Crippen LogP contribution in [0.4, 0.5) is 0 Å². The maximum absolute atomic E-state index is 2.33. The molecule has 0 heterocycles. The molecule has 1 unspecified atom stereocenters. The van der Waals surface area contributed by atoms with Crippen LogP contribution >= 0.6 is 12.9 Å². The zero-order valence-corrected chi connectivity index (χ0v) is 23.8. The fraction of sp³-hybridized carbons (Fsp3) is 1.00. The van der Waals surface area contributed by atoms with Crippen LogP contribution in [0.5, 0.6) is 0 Å². The summed E-state index contributed by atoms with van der Waals surface area (Å²) < 4.78 is 0. The Bertz CT molecular complexity index is 243. The molecule has 0 saturated carbocycles. The molecule has 0 aromatic carbocycles. The van der Waals surface area contributed by atoms with E-state index in [1.54, 1.807) is 37.7 Å². The zero-order valence-electron chi connectivity index (χ0n) is 19.3. The third-order valence-corrected chi connectivity index (χ3v) is 26.5. The fourth-order valence-corrected chi connectivity index (χ4v) is 19.4. The summed E-state index contributed by atoms with van der Waals surface area (Å²) in [5, 5.41) is 0. The van der Waals surface area contributed by atoms with E-state index in [2.05, 4.69) is 42.5 Å². The van der Waals surface area contributed by atoms with E-state index in [0.717, 1.165) is 0 Å². The van der Waals surface area contributed by atoms with Crippen molar-refractivity contribution in [2.75, 3.05) is 18.5 Å². The minimum atomic E-state index is -0.925. The molecule has 0 fully saturated rings. The van der Waals surface area contributed by atoms with Gasteiger partial charge in [-0.05, 0) is 0 Å². The summed E-state index contributed by atoms with van der Waals surface area (Å²) >= 11 is 2.19. The summed E-state index contributed by atoms with van der Waals surface area (Å²) in [5.41, 5.74) is 0. The number of hydrogen-bond acceptors (Lipinski definition) is 0. The molecule has 0 amide bonds. The van der Waals surface area contributed by atoms with Gasteiger partial charge in [-0.15, -0.1) is 0 Å². The van der Waals surface area contributed by atoms with Crippen LogP contribution in [0.1, 0.15) is 136 Å². The van der Waals surface area contributed by atoms with Crippen molar-refractivity contribution in [3.05, 3.63) is 0 Å². The molecule has 0 rings (SSSR count). The van der Waals surface area contributed by atoms with Gasteiger partial charge in [0.25, 0.3) is 0 Å². The second-order valence-electron chi connectivity index (χ2n) is 8.95. The first kappa shape index (κ1) is 28.6. The molecule has 3 heteroatoms. The quantitative estimate of drug-likeness (QED) is 0.0741. The second-order valence-corrected chi connectivity index (χ2v) is 22.8. The third kappa shape index (κ3) is 18.2. The van der Waals surface area contributed by atoms with Crippen LogP contribution in [0.15, 0.2) is 0 Å². The van der Waals surface area contributed by atoms with Crippen LogP contribution in [0, 0.1) is 0 Å². The van der Waals surface area contributed by atoms with Gasteiger partial charge in [0.1, 0.15) is 0 Å². The molecule has 0 aliphatic heterocycles. The van der Waals surface area contributed by atoms with Gasteiger partial charge in [0.05, 0.1) is 0 Å². The van der Waals surface area contributed by atoms with Gasteiger partial charge in [-0.3, -0.25) is 0 Å². The van der Waals surface area contributed by atoms with Crippen molar-refractivity contribution >= 4 is 34.7 Å². The van der Waals surface area contributed by atoms with Gasteiger partial charge in [0, 0.05) is 0 Å². The zero-order chi connectivity index (χ0) is 20.1. The molecule has 0 radical (unpaired) electrons. The minimum absolute atomic E-state index is 0.925. The van der Waals surface area contributed by atoms with Gasteiger partial charge in [-0.2, -0.15) is 0 Å². The summed E-state index contributed by atoms with van der Waals surface area (Å²) in [5.74, 6) is 1.34. The van der Waals surface area contributed by atoms with Gasteiger partial charge >= 0.3 is 189 Å². The molecular formula is C24H54P2Te. The molecule has 0 bridgehead atoms. The van der Waals surface area contributed by atoms with E-state index in [1.807, 2.05) is 0 Å². The van der Waals surface area contributed by atoms with E-state index in [0.29, 0.717) is 0 Å². The summed E-state index contributed by atoms with van der Waals surface area (Å²) in [6.45, 7) is 6.07. The monoisotopic (exact) mass is 534 g/mol. The average Bonchev–Trinajstić information content (AvgIpc) is 2.69. The Morgan fingerprint density at radius 3 is 0.963 bits per heavy atom. The van der Waals surface area contributed by atoms with Crippen molar-refractivity contribution in [3.63, 3.8) is 0 Å². The van der Waals surface area contributed by atoms with E-state index < -0.39 is 6.95 Å². The number of unbranched alkanes of at least 4 members (excludes halogenated alkanes) is 15. The van der Waals surface area contributed by atoms with Crippen molar-refractivity contribution in [2.24, 2.45) is 0 Å². The molecule has 27 heavy (non-hydrogen) atoms. The van der Waals surface area contributed by atoms with Gasteiger partial charge < -0.3 is 0 Å². The Morgan fingerprint density at radius 1 is 0.444 bits per heavy atom. The summed E-state index contributed by atoms with van der Waals surface area (Å²) in [6, 6.07) is 0. The number of hydrogen-bond donors (Lipinski definition) is 0. The topological polar surface area (TPSA) is 0 Å². The Hall–Kier alpha value is 1.65. The van der Waals surface area contributed by atoms with E-state index in [1.165, 1.54) is 102 Å². The first-order valence-electron chi connectivity index (χ1n) is 12.7. The molecule has 0 aliphatic carbocycles. The SMILES string of the molecule is CCCCCCCC[PH](CCCCCCCC)(CCCCCCCC)P[TeH]. The predicted octanol–water partition coefficient (Wildman–Crippen LogP) is 9.23. The molecule has 0 spiro atoms. The maximum atomic E-state index is 2.33. The predicted molar refractivity (Wildman–Crippen MR) is 139 cm³/mol. The van der Waals surface area contributed by atoms with Gasteiger partial charge in [0.15, 0.2) is 0 Å². The summed E-state index contributed by atoms with van der Waals surface area (Å²) in [7, 11) is 0. The van der Waals surface area contributed by atoms with E-state index in [-0.39, 0.29) is 0 Å². The van der Waals surface area contributed by atoms with Crippen LogP contribution < -0.4 is 0 Å². The van der Waals surface area contributed by atoms with E-state index in [4.69, 9.17) is 0 Å². The molecule has 0 aromatic rings. The molecule has 1 atom stereocenters. The molecule has 0 nitrogen and oxygen atoms in total. The van der Waals surface area contributed by atoms with Crippen molar-refractivity contribution < 1.29 is 0 Å². The van der Waals surface area contributed by atoms with Gasteiger partial charge in [-0.1, -0.05) is 0 Å². The Morgan fingerprint density at radius 2 is 0.704 bits per heavy atom. The normalized spacial score (nSPS) is 13.0. The standard InChI is InChI=1S/C24H54P2Te/c1-4-7-10-13-16-19-22-26(25-27,23-20-17-14-11-8-5-2)24-21-18-15-12-9-6-3/h25-27H,4-24H2,1-3H3. The molecule has 0 aliphatic rings. The molecule has 0 saturated heterocycles. The Labute approximate surface area is 188 Å². The Kier molecular flexibility index (Phi) is 23.7. The molecule has 166 valence electrons. The van der Waals surface area contributed by atoms with Crippen molar-refractivity contribution in [1.82, 2.24) is 0 Å². The van der Waals surface area contributed by atoms with Crippen LogP contribution in [-0.4, -0.2) is 40.2 Å². The molecule has 0 aromatic heterocycles. The van der Waals surface area contributed by atoms with E-state index >= 15 is 0 Å². The van der Waals surface area contributed by atoms with Crippen LogP contribution in [0.3, 0.4) is 0 Å². The molecular weight excluding hydrogens is 478 g/mol.